The molecule has 3 aliphatic heterocycles. The summed E-state index contributed by atoms with van der Waals surface area (Å²) in [5.41, 5.74) is 5.98. The SMILES string of the molecule is CC(=O)O[C@@H](C)C(=O)NCc1cccc(-c2ccc([C@H]3O[C@@H](CN4CCC[C@H]4CN4CCCC4)C[C@@H](c4ccc(CO)cc4)O3)cc2)c1. The van der Waals surface area contributed by atoms with Gasteiger partial charge in [0.2, 0.25) is 0 Å². The molecule has 3 saturated heterocycles. The molecule has 3 aromatic rings. The van der Waals surface area contributed by atoms with Crippen LogP contribution in [-0.2, 0) is 37.0 Å². The van der Waals surface area contributed by atoms with Gasteiger partial charge in [-0.15, -0.1) is 0 Å². The number of benzene rings is 3. The number of hydrogen-bond acceptors (Lipinski definition) is 8. The molecule has 0 aromatic heterocycles. The minimum atomic E-state index is -0.840. The number of aliphatic hydroxyl groups is 1. The summed E-state index contributed by atoms with van der Waals surface area (Å²) in [4.78, 5) is 28.8. The Morgan fingerprint density at radius 1 is 0.896 bits per heavy atom. The summed E-state index contributed by atoms with van der Waals surface area (Å²) in [5, 5.41) is 12.4. The number of esters is 1. The summed E-state index contributed by atoms with van der Waals surface area (Å²) in [5.74, 6) is -0.816. The molecule has 0 spiro atoms. The van der Waals surface area contributed by atoms with Gasteiger partial charge in [-0.3, -0.25) is 14.5 Å². The summed E-state index contributed by atoms with van der Waals surface area (Å²) in [6.45, 7) is 8.81. The molecular weight excluding hydrogens is 606 g/mol. The summed E-state index contributed by atoms with van der Waals surface area (Å²) in [6, 6.07) is 25.0. The van der Waals surface area contributed by atoms with Crippen molar-refractivity contribution < 1.29 is 28.9 Å². The summed E-state index contributed by atoms with van der Waals surface area (Å²) < 4.78 is 18.3. The van der Waals surface area contributed by atoms with Crippen LogP contribution in [-0.4, -0.2) is 77.8 Å². The number of amides is 1. The molecule has 5 atom stereocenters. The third kappa shape index (κ3) is 8.89. The zero-order valence-corrected chi connectivity index (χ0v) is 28.2. The van der Waals surface area contributed by atoms with Gasteiger partial charge in [0.05, 0.1) is 18.8 Å². The van der Waals surface area contributed by atoms with Crippen LogP contribution in [0.4, 0.5) is 0 Å². The van der Waals surface area contributed by atoms with Crippen LogP contribution in [0.1, 0.15) is 80.6 Å². The number of rotatable bonds is 12. The van der Waals surface area contributed by atoms with Gasteiger partial charge in [-0.1, -0.05) is 66.7 Å². The van der Waals surface area contributed by atoms with E-state index in [1.807, 2.05) is 30.3 Å². The van der Waals surface area contributed by atoms with E-state index in [1.54, 1.807) is 6.92 Å². The highest BCUT2D eigenvalue weighted by molar-refractivity contribution is 5.82. The molecule has 6 rings (SSSR count). The minimum absolute atomic E-state index is 0.0205. The predicted octanol–water partition coefficient (Wildman–Crippen LogP) is 5.52. The molecule has 9 heteroatoms. The number of carbonyl (C=O) groups excluding carboxylic acids is 2. The fourth-order valence-corrected chi connectivity index (χ4v) is 7.23. The zero-order chi connectivity index (χ0) is 33.5. The van der Waals surface area contributed by atoms with E-state index < -0.39 is 18.4 Å². The van der Waals surface area contributed by atoms with Gasteiger partial charge in [0.1, 0.15) is 0 Å². The van der Waals surface area contributed by atoms with Crippen LogP contribution >= 0.6 is 0 Å². The number of likely N-dealkylation sites (tertiary alicyclic amines) is 2. The molecule has 256 valence electrons. The number of nitrogens with zero attached hydrogens (tertiary/aromatic N) is 2. The second kappa shape index (κ2) is 16.2. The van der Waals surface area contributed by atoms with Crippen LogP contribution in [0.3, 0.4) is 0 Å². The molecule has 3 heterocycles. The highest BCUT2D eigenvalue weighted by Gasteiger charge is 2.36. The Bertz CT molecular complexity index is 1510. The first-order valence-electron chi connectivity index (χ1n) is 17.5. The average molecular weight is 656 g/mol. The van der Waals surface area contributed by atoms with Crippen LogP contribution in [0, 0.1) is 0 Å². The maximum absolute atomic E-state index is 12.3. The van der Waals surface area contributed by atoms with Crippen molar-refractivity contribution in [1.29, 1.82) is 0 Å². The largest absolute Gasteiger partial charge is 0.453 e. The van der Waals surface area contributed by atoms with Crippen molar-refractivity contribution in [2.24, 2.45) is 0 Å². The van der Waals surface area contributed by atoms with Crippen molar-refractivity contribution in [2.75, 3.05) is 32.7 Å². The van der Waals surface area contributed by atoms with Gasteiger partial charge in [-0.2, -0.15) is 0 Å². The lowest BCUT2D eigenvalue weighted by Gasteiger charge is -2.39. The molecule has 9 nitrogen and oxygen atoms in total. The Kier molecular flexibility index (Phi) is 11.6. The summed E-state index contributed by atoms with van der Waals surface area (Å²) in [7, 11) is 0. The van der Waals surface area contributed by atoms with E-state index in [9.17, 15) is 14.7 Å². The topological polar surface area (TPSA) is 101 Å². The van der Waals surface area contributed by atoms with Gasteiger partial charge in [0.15, 0.2) is 12.4 Å². The number of ether oxygens (including phenoxy) is 3. The molecule has 3 aromatic carbocycles. The second-order valence-electron chi connectivity index (χ2n) is 13.4. The van der Waals surface area contributed by atoms with E-state index >= 15 is 0 Å². The van der Waals surface area contributed by atoms with Crippen LogP contribution < -0.4 is 5.32 Å². The summed E-state index contributed by atoms with van der Waals surface area (Å²) in [6.07, 6.45) is 4.47. The van der Waals surface area contributed by atoms with Gasteiger partial charge >= 0.3 is 5.97 Å². The Labute approximate surface area is 284 Å². The van der Waals surface area contributed by atoms with Crippen molar-refractivity contribution in [3.8, 4) is 11.1 Å². The second-order valence-corrected chi connectivity index (χ2v) is 13.4. The fourth-order valence-electron chi connectivity index (χ4n) is 7.23. The van der Waals surface area contributed by atoms with Gasteiger partial charge in [-0.05, 0) is 86.1 Å². The number of hydrogen-bond donors (Lipinski definition) is 2. The van der Waals surface area contributed by atoms with Crippen molar-refractivity contribution in [3.05, 3.63) is 95.1 Å². The molecule has 3 aliphatic rings. The lowest BCUT2D eigenvalue weighted by atomic mass is 9.98. The molecule has 0 bridgehead atoms. The van der Waals surface area contributed by atoms with Crippen molar-refractivity contribution in [1.82, 2.24) is 15.1 Å². The normalized spacial score (nSPS) is 24.0. The monoisotopic (exact) mass is 655 g/mol. The molecular formula is C39H49N3O6. The van der Waals surface area contributed by atoms with E-state index in [0.717, 1.165) is 59.4 Å². The lowest BCUT2D eigenvalue weighted by Crippen LogP contribution is -2.45. The maximum Gasteiger partial charge on any atom is 0.303 e. The predicted molar refractivity (Wildman–Crippen MR) is 184 cm³/mol. The van der Waals surface area contributed by atoms with Crippen molar-refractivity contribution >= 4 is 11.9 Å². The highest BCUT2D eigenvalue weighted by atomic mass is 16.7. The standard InChI is InChI=1S/C39H49N3O6/c1-27(46-28(2)44)38(45)40-23-30-7-5-8-34(21-30)31-14-16-33(17-15-31)39-47-36(22-37(48-39)32-12-10-29(26-43)11-13-32)25-42-20-6-9-35(42)24-41-18-3-4-19-41/h5,7-8,10-17,21,27,35-37,39,43H,3-4,6,9,18-20,22-26H2,1-2H3,(H,40,45)/t27-,35-,36+,37-,39-/m0/s1. The van der Waals surface area contributed by atoms with E-state index in [4.69, 9.17) is 14.2 Å². The van der Waals surface area contributed by atoms with E-state index in [2.05, 4.69) is 57.6 Å². The zero-order valence-electron chi connectivity index (χ0n) is 28.2. The van der Waals surface area contributed by atoms with Crippen molar-refractivity contribution in [2.45, 2.75) is 89.7 Å². The van der Waals surface area contributed by atoms with E-state index in [0.29, 0.717) is 12.6 Å². The summed E-state index contributed by atoms with van der Waals surface area (Å²) >= 11 is 0. The first-order chi connectivity index (χ1) is 23.3. The Morgan fingerprint density at radius 2 is 1.65 bits per heavy atom. The molecule has 2 N–H and O–H groups in total. The molecule has 3 fully saturated rings. The van der Waals surface area contributed by atoms with E-state index in [1.165, 1.54) is 45.7 Å². The first-order valence-corrected chi connectivity index (χ1v) is 17.5. The number of aliphatic hydroxyl groups excluding tert-OH is 1. The number of nitrogens with one attached hydrogen (secondary N) is 1. The minimum Gasteiger partial charge on any atom is -0.453 e. The Balaban J connectivity index is 1.14. The van der Waals surface area contributed by atoms with E-state index in [-0.39, 0.29) is 24.7 Å². The molecule has 0 saturated carbocycles. The quantitative estimate of drug-likeness (QED) is 0.246. The molecule has 0 aliphatic carbocycles. The van der Waals surface area contributed by atoms with Gasteiger partial charge in [0.25, 0.3) is 5.91 Å². The van der Waals surface area contributed by atoms with Gasteiger partial charge in [-0.25, -0.2) is 0 Å². The highest BCUT2D eigenvalue weighted by Crippen LogP contribution is 2.39. The average Bonchev–Trinajstić information content (AvgIpc) is 3.79. The lowest BCUT2D eigenvalue weighted by molar-refractivity contribution is -0.253. The van der Waals surface area contributed by atoms with Crippen LogP contribution in [0.15, 0.2) is 72.8 Å². The van der Waals surface area contributed by atoms with Gasteiger partial charge < -0.3 is 29.5 Å². The van der Waals surface area contributed by atoms with Crippen LogP contribution in [0.2, 0.25) is 0 Å². The smallest absolute Gasteiger partial charge is 0.303 e. The third-order valence-electron chi connectivity index (χ3n) is 9.84. The molecule has 1 amide bonds. The Morgan fingerprint density at radius 3 is 2.38 bits per heavy atom. The maximum atomic E-state index is 12.3. The molecule has 0 radical (unpaired) electrons. The van der Waals surface area contributed by atoms with Crippen molar-refractivity contribution in [3.63, 3.8) is 0 Å². The first kappa shape index (κ1) is 34.3. The molecule has 0 unspecified atom stereocenters. The van der Waals surface area contributed by atoms with Crippen LogP contribution in [0.5, 0.6) is 0 Å². The number of carbonyl (C=O) groups is 2. The third-order valence-corrected chi connectivity index (χ3v) is 9.84. The van der Waals surface area contributed by atoms with Gasteiger partial charge in [0, 0.05) is 44.6 Å². The van der Waals surface area contributed by atoms with Crippen LogP contribution in [0.25, 0.3) is 11.1 Å². The molecule has 48 heavy (non-hydrogen) atoms. The fraction of sp³-hybridized carbons (Fsp3) is 0.487. The Hall–Kier alpha value is -3.60.